The normalized spacial score (nSPS) is 18.0. The standard InChI is InChI=1S/C19H15Cl4N3OS/c20-11-3-12(21)6-16(5-11)25-19(28)24-15-1-2-17(9-15)26(10-27)18-7-13(22)4-14(23)8-18/h1-8,10,15,17H,9H2,(H2,24,25,28)/t15?,17-/m1/s1. The zero-order valence-corrected chi connectivity index (χ0v) is 18.2. The number of benzene rings is 2. The number of thiocarbonyl (C=S) groups is 1. The summed E-state index contributed by atoms with van der Waals surface area (Å²) in [6.45, 7) is 0. The number of anilines is 2. The van der Waals surface area contributed by atoms with Gasteiger partial charge in [0.15, 0.2) is 5.11 Å². The highest BCUT2D eigenvalue weighted by atomic mass is 35.5. The van der Waals surface area contributed by atoms with Crippen LogP contribution in [-0.2, 0) is 4.79 Å². The Morgan fingerprint density at radius 2 is 1.54 bits per heavy atom. The van der Waals surface area contributed by atoms with Gasteiger partial charge in [-0.05, 0) is 55.0 Å². The van der Waals surface area contributed by atoms with E-state index in [9.17, 15) is 4.79 Å². The maximum Gasteiger partial charge on any atom is 0.214 e. The Morgan fingerprint density at radius 3 is 2.11 bits per heavy atom. The molecular weight excluding hydrogens is 460 g/mol. The van der Waals surface area contributed by atoms with Gasteiger partial charge in [-0.2, -0.15) is 0 Å². The Bertz CT molecular complexity index is 897. The molecule has 2 aromatic carbocycles. The number of nitrogens with zero attached hydrogens (tertiary/aromatic N) is 1. The zero-order chi connectivity index (χ0) is 20.3. The zero-order valence-electron chi connectivity index (χ0n) is 14.3. The molecule has 0 aliphatic heterocycles. The van der Waals surface area contributed by atoms with Gasteiger partial charge in [-0.1, -0.05) is 58.6 Å². The topological polar surface area (TPSA) is 44.4 Å². The number of amides is 1. The number of hydrogen-bond donors (Lipinski definition) is 2. The van der Waals surface area contributed by atoms with Crippen LogP contribution in [0.1, 0.15) is 6.42 Å². The van der Waals surface area contributed by atoms with Gasteiger partial charge >= 0.3 is 0 Å². The summed E-state index contributed by atoms with van der Waals surface area (Å²) in [5, 5.41) is 8.65. The molecule has 0 radical (unpaired) electrons. The van der Waals surface area contributed by atoms with Crippen molar-refractivity contribution in [1.29, 1.82) is 0 Å². The summed E-state index contributed by atoms with van der Waals surface area (Å²) in [5.41, 5.74) is 1.33. The van der Waals surface area contributed by atoms with E-state index in [4.69, 9.17) is 58.6 Å². The van der Waals surface area contributed by atoms with Gasteiger partial charge in [0.05, 0.1) is 6.04 Å². The summed E-state index contributed by atoms with van der Waals surface area (Å²) in [6, 6.07) is 9.93. The predicted molar refractivity (Wildman–Crippen MR) is 122 cm³/mol. The summed E-state index contributed by atoms with van der Waals surface area (Å²) >= 11 is 29.5. The molecule has 0 spiro atoms. The van der Waals surface area contributed by atoms with Crippen molar-refractivity contribution >= 4 is 81.5 Å². The monoisotopic (exact) mass is 473 g/mol. The molecule has 146 valence electrons. The molecular formula is C19H15Cl4N3OS. The lowest BCUT2D eigenvalue weighted by Gasteiger charge is -2.25. The maximum atomic E-state index is 11.7. The summed E-state index contributed by atoms with van der Waals surface area (Å²) in [7, 11) is 0. The quantitative estimate of drug-likeness (QED) is 0.319. The molecule has 2 N–H and O–H groups in total. The van der Waals surface area contributed by atoms with Crippen LogP contribution in [0, 0.1) is 0 Å². The minimum absolute atomic E-state index is 0.0447. The Hall–Kier alpha value is -1.50. The highest BCUT2D eigenvalue weighted by molar-refractivity contribution is 7.80. The second-order valence-corrected chi connectivity index (χ2v) is 8.35. The largest absolute Gasteiger partial charge is 0.356 e. The molecule has 0 fully saturated rings. The van der Waals surface area contributed by atoms with Crippen LogP contribution >= 0.6 is 58.6 Å². The molecule has 0 bridgehead atoms. The molecule has 0 saturated carbocycles. The van der Waals surface area contributed by atoms with Crippen LogP contribution in [0.15, 0.2) is 48.6 Å². The van der Waals surface area contributed by atoms with E-state index in [1.807, 2.05) is 12.2 Å². The molecule has 3 rings (SSSR count). The van der Waals surface area contributed by atoms with E-state index in [2.05, 4.69) is 10.6 Å². The molecule has 1 aliphatic rings. The Morgan fingerprint density at radius 1 is 0.964 bits per heavy atom. The van der Waals surface area contributed by atoms with Gasteiger partial charge in [0.2, 0.25) is 6.41 Å². The number of halogens is 4. The van der Waals surface area contributed by atoms with E-state index in [0.29, 0.717) is 43.0 Å². The SMILES string of the molecule is O=CN(c1cc(Cl)cc(Cl)c1)[C@@H]1C=CC(NC(=S)Nc2cc(Cl)cc(Cl)c2)C1. The average molecular weight is 475 g/mol. The number of rotatable bonds is 5. The maximum absolute atomic E-state index is 11.7. The molecule has 0 heterocycles. The van der Waals surface area contributed by atoms with Crippen molar-refractivity contribution in [3.8, 4) is 0 Å². The smallest absolute Gasteiger partial charge is 0.214 e. The first-order valence-electron chi connectivity index (χ1n) is 8.26. The van der Waals surface area contributed by atoms with Gasteiger partial charge in [-0.15, -0.1) is 0 Å². The molecule has 9 heteroatoms. The lowest BCUT2D eigenvalue weighted by molar-refractivity contribution is -0.107. The van der Waals surface area contributed by atoms with Gasteiger partial charge in [-0.25, -0.2) is 0 Å². The van der Waals surface area contributed by atoms with Gasteiger partial charge in [-0.3, -0.25) is 4.79 Å². The van der Waals surface area contributed by atoms with E-state index in [1.54, 1.807) is 41.3 Å². The first-order valence-corrected chi connectivity index (χ1v) is 10.2. The minimum Gasteiger partial charge on any atom is -0.356 e. The van der Waals surface area contributed by atoms with E-state index >= 15 is 0 Å². The van der Waals surface area contributed by atoms with Crippen molar-refractivity contribution < 1.29 is 4.79 Å². The van der Waals surface area contributed by atoms with Crippen LogP contribution in [0.5, 0.6) is 0 Å². The van der Waals surface area contributed by atoms with Gasteiger partial charge in [0, 0.05) is 37.5 Å². The van der Waals surface area contributed by atoms with Crippen molar-refractivity contribution in [3.05, 3.63) is 68.6 Å². The first-order chi connectivity index (χ1) is 13.3. The molecule has 1 unspecified atom stereocenters. The molecule has 28 heavy (non-hydrogen) atoms. The van der Waals surface area contributed by atoms with Crippen LogP contribution in [0.3, 0.4) is 0 Å². The fraction of sp³-hybridized carbons (Fsp3) is 0.158. The fourth-order valence-electron chi connectivity index (χ4n) is 2.97. The van der Waals surface area contributed by atoms with Crippen molar-refractivity contribution in [2.75, 3.05) is 10.2 Å². The number of carbonyl (C=O) groups excluding carboxylic acids is 1. The van der Waals surface area contributed by atoms with Crippen LogP contribution < -0.4 is 15.5 Å². The van der Waals surface area contributed by atoms with Crippen LogP contribution in [-0.4, -0.2) is 23.6 Å². The number of carbonyl (C=O) groups is 1. The number of nitrogens with one attached hydrogen (secondary N) is 2. The van der Waals surface area contributed by atoms with Gasteiger partial charge in [0.25, 0.3) is 0 Å². The van der Waals surface area contributed by atoms with E-state index < -0.39 is 0 Å². The summed E-state index contributed by atoms with van der Waals surface area (Å²) in [4.78, 5) is 13.3. The Balaban J connectivity index is 1.62. The van der Waals surface area contributed by atoms with Crippen molar-refractivity contribution in [3.63, 3.8) is 0 Å². The third kappa shape index (κ3) is 5.52. The summed E-state index contributed by atoms with van der Waals surface area (Å²) in [6.07, 6.45) is 5.32. The van der Waals surface area contributed by atoms with Crippen LogP contribution in [0.2, 0.25) is 20.1 Å². The Labute approximate surface area is 188 Å². The van der Waals surface area contributed by atoms with Gasteiger partial charge < -0.3 is 15.5 Å². The third-order valence-electron chi connectivity index (χ3n) is 4.11. The summed E-state index contributed by atoms with van der Waals surface area (Å²) < 4.78 is 0. The molecule has 1 amide bonds. The van der Waals surface area contributed by atoms with Crippen molar-refractivity contribution in [2.45, 2.75) is 18.5 Å². The fourth-order valence-corrected chi connectivity index (χ4v) is 4.28. The third-order valence-corrected chi connectivity index (χ3v) is 5.21. The molecule has 2 atom stereocenters. The second kappa shape index (κ2) is 9.33. The molecule has 1 aliphatic carbocycles. The molecule has 2 aromatic rings. The lowest BCUT2D eigenvalue weighted by atomic mass is 10.1. The Kier molecular flexibility index (Phi) is 7.07. The van der Waals surface area contributed by atoms with Crippen molar-refractivity contribution in [1.82, 2.24) is 5.32 Å². The van der Waals surface area contributed by atoms with E-state index in [1.165, 1.54) is 0 Å². The molecule has 0 aromatic heterocycles. The molecule has 4 nitrogen and oxygen atoms in total. The average Bonchev–Trinajstić information content (AvgIpc) is 3.01. The first kappa shape index (κ1) is 21.2. The van der Waals surface area contributed by atoms with E-state index in [-0.39, 0.29) is 12.1 Å². The van der Waals surface area contributed by atoms with Crippen LogP contribution in [0.4, 0.5) is 11.4 Å². The van der Waals surface area contributed by atoms with Crippen molar-refractivity contribution in [2.24, 2.45) is 0 Å². The lowest BCUT2D eigenvalue weighted by Crippen LogP contribution is -2.39. The predicted octanol–water partition coefficient (Wildman–Crippen LogP) is 5.95. The molecule has 0 saturated heterocycles. The van der Waals surface area contributed by atoms with Gasteiger partial charge in [0.1, 0.15) is 0 Å². The highest BCUT2D eigenvalue weighted by Crippen LogP contribution is 2.29. The number of hydrogen-bond acceptors (Lipinski definition) is 2. The van der Waals surface area contributed by atoms with Crippen LogP contribution in [0.25, 0.3) is 0 Å². The second-order valence-electron chi connectivity index (χ2n) is 6.19. The highest BCUT2D eigenvalue weighted by Gasteiger charge is 2.25. The summed E-state index contributed by atoms with van der Waals surface area (Å²) in [5.74, 6) is 0. The van der Waals surface area contributed by atoms with E-state index in [0.717, 1.165) is 6.41 Å². The minimum atomic E-state index is -0.145.